The predicted molar refractivity (Wildman–Crippen MR) is 61.8 cm³/mol. The molecule has 0 bridgehead atoms. The van der Waals surface area contributed by atoms with E-state index in [-0.39, 0.29) is 19.1 Å². The van der Waals surface area contributed by atoms with Crippen LogP contribution in [0.2, 0.25) is 0 Å². The second-order valence-electron chi connectivity index (χ2n) is 4.10. The minimum atomic E-state index is -4.21. The summed E-state index contributed by atoms with van der Waals surface area (Å²) in [6.07, 6.45) is -0.496. The largest absolute Gasteiger partial charge is 0.396 e. The van der Waals surface area contributed by atoms with Crippen molar-refractivity contribution in [3.05, 3.63) is 0 Å². The summed E-state index contributed by atoms with van der Waals surface area (Å²) in [7, 11) is -4.21. The quantitative estimate of drug-likeness (QED) is 0.453. The molecule has 0 spiro atoms. The Morgan fingerprint density at radius 2 is 2.18 bits per heavy atom. The fourth-order valence-corrected chi connectivity index (χ4v) is 3.16. The van der Waals surface area contributed by atoms with Crippen molar-refractivity contribution in [2.75, 3.05) is 19.7 Å². The van der Waals surface area contributed by atoms with Crippen LogP contribution in [0.4, 0.5) is 0 Å². The fraction of sp³-hybridized carbons (Fsp3) is 1.00. The van der Waals surface area contributed by atoms with Gasteiger partial charge in [0, 0.05) is 25.7 Å². The maximum absolute atomic E-state index is 11.2. The third-order valence-corrected chi connectivity index (χ3v) is 4.27. The number of piperazine rings is 1. The van der Waals surface area contributed by atoms with E-state index in [4.69, 9.17) is 9.66 Å². The Labute approximate surface area is 101 Å². The zero-order valence-electron chi connectivity index (χ0n) is 9.78. The summed E-state index contributed by atoms with van der Waals surface area (Å²) in [6, 6.07) is -0.385. The van der Waals surface area contributed by atoms with E-state index >= 15 is 0 Å². The van der Waals surface area contributed by atoms with Gasteiger partial charge in [0.05, 0.1) is 0 Å². The van der Waals surface area contributed by atoms with Crippen molar-refractivity contribution >= 4 is 10.1 Å². The third kappa shape index (κ3) is 3.60. The van der Waals surface area contributed by atoms with Crippen LogP contribution in [-0.4, -0.2) is 65.4 Å². The van der Waals surface area contributed by atoms with Crippen LogP contribution in [0, 0.1) is 0 Å². The van der Waals surface area contributed by atoms with E-state index < -0.39 is 21.7 Å². The van der Waals surface area contributed by atoms with Crippen LogP contribution in [0.15, 0.2) is 0 Å². The fourth-order valence-electron chi connectivity index (χ4n) is 2.17. The highest BCUT2D eigenvalue weighted by Gasteiger charge is 2.38. The molecule has 1 saturated heterocycles. The van der Waals surface area contributed by atoms with Gasteiger partial charge in [0.25, 0.3) is 10.1 Å². The minimum Gasteiger partial charge on any atom is -0.396 e. The Hall–Kier alpha value is -0.250. The van der Waals surface area contributed by atoms with E-state index in [1.54, 1.807) is 6.92 Å². The molecule has 17 heavy (non-hydrogen) atoms. The maximum Gasteiger partial charge on any atom is 0.281 e. The van der Waals surface area contributed by atoms with Crippen LogP contribution >= 0.6 is 0 Å². The predicted octanol–water partition coefficient (Wildman–Crippen LogP) is -1.42. The summed E-state index contributed by atoms with van der Waals surface area (Å²) in [4.78, 5) is 1.35. The second-order valence-corrected chi connectivity index (χ2v) is 5.68. The highest BCUT2D eigenvalue weighted by atomic mass is 32.2. The van der Waals surface area contributed by atoms with Gasteiger partial charge in [-0.05, 0) is 12.8 Å². The van der Waals surface area contributed by atoms with Crippen molar-refractivity contribution in [3.8, 4) is 0 Å². The molecule has 0 saturated carbocycles. The highest BCUT2D eigenvalue weighted by molar-refractivity contribution is 7.86. The summed E-state index contributed by atoms with van der Waals surface area (Å²) >= 11 is 0. The number of nitrogens with one attached hydrogen (secondary N) is 1. The molecular formula is C9H20N2O5S. The molecule has 0 aromatic rings. The SMILES string of the molecule is CCC(N1CCNC(CCO)C1O)S(=O)(=O)O. The molecule has 7 nitrogen and oxygen atoms in total. The first-order valence-electron chi connectivity index (χ1n) is 5.66. The van der Waals surface area contributed by atoms with Crippen molar-refractivity contribution in [1.82, 2.24) is 10.2 Å². The number of hydrogen-bond acceptors (Lipinski definition) is 6. The molecule has 3 unspecified atom stereocenters. The van der Waals surface area contributed by atoms with E-state index in [0.29, 0.717) is 19.5 Å². The lowest BCUT2D eigenvalue weighted by Gasteiger charge is -2.41. The first-order chi connectivity index (χ1) is 7.91. The molecule has 0 aromatic carbocycles. The number of nitrogens with zero attached hydrogens (tertiary/aromatic N) is 1. The maximum atomic E-state index is 11.2. The van der Waals surface area contributed by atoms with Gasteiger partial charge in [0.15, 0.2) is 0 Å². The van der Waals surface area contributed by atoms with Gasteiger partial charge < -0.3 is 15.5 Å². The molecule has 102 valence electrons. The lowest BCUT2D eigenvalue weighted by atomic mass is 10.1. The smallest absolute Gasteiger partial charge is 0.281 e. The van der Waals surface area contributed by atoms with Crippen molar-refractivity contribution < 1.29 is 23.2 Å². The Balaban J connectivity index is 2.81. The van der Waals surface area contributed by atoms with Crippen molar-refractivity contribution in [2.45, 2.75) is 37.4 Å². The monoisotopic (exact) mass is 268 g/mol. The topological polar surface area (TPSA) is 110 Å². The van der Waals surface area contributed by atoms with E-state index in [9.17, 15) is 13.5 Å². The summed E-state index contributed by atoms with van der Waals surface area (Å²) in [5.74, 6) is 0. The number of hydrogen-bond donors (Lipinski definition) is 4. The second kappa shape index (κ2) is 6.07. The molecule has 4 N–H and O–H groups in total. The zero-order chi connectivity index (χ0) is 13.1. The van der Waals surface area contributed by atoms with Gasteiger partial charge in [-0.3, -0.25) is 9.45 Å². The summed E-state index contributed by atoms with van der Waals surface area (Å²) < 4.78 is 31.5. The standard InChI is InChI=1S/C9H20N2O5S/c1-2-8(17(14,15)16)11-5-4-10-7(3-6-12)9(11)13/h7-10,12-13H,2-6H2,1H3,(H,14,15,16). The van der Waals surface area contributed by atoms with Crippen LogP contribution in [0.3, 0.4) is 0 Å². The van der Waals surface area contributed by atoms with Gasteiger partial charge in [-0.2, -0.15) is 8.42 Å². The molecule has 3 atom stereocenters. The normalized spacial score (nSPS) is 29.2. The average Bonchev–Trinajstić information content (AvgIpc) is 2.23. The Morgan fingerprint density at radius 3 is 2.65 bits per heavy atom. The molecule has 0 aromatic heterocycles. The van der Waals surface area contributed by atoms with E-state index in [0.717, 1.165) is 0 Å². The van der Waals surface area contributed by atoms with Gasteiger partial charge in [-0.1, -0.05) is 6.92 Å². The van der Waals surface area contributed by atoms with Gasteiger partial charge in [-0.15, -0.1) is 0 Å². The van der Waals surface area contributed by atoms with E-state index in [1.165, 1.54) is 4.90 Å². The van der Waals surface area contributed by atoms with Crippen LogP contribution in [0.25, 0.3) is 0 Å². The molecule has 0 amide bonds. The van der Waals surface area contributed by atoms with Crippen molar-refractivity contribution in [3.63, 3.8) is 0 Å². The Bertz CT molecular complexity index is 332. The molecule has 0 radical (unpaired) electrons. The average molecular weight is 268 g/mol. The number of aliphatic hydroxyl groups excluding tert-OH is 2. The molecule has 1 aliphatic rings. The molecule has 1 fully saturated rings. The van der Waals surface area contributed by atoms with Crippen LogP contribution in [0.1, 0.15) is 19.8 Å². The Kier molecular flexibility index (Phi) is 5.29. The highest BCUT2D eigenvalue weighted by Crippen LogP contribution is 2.18. The molecule has 1 aliphatic heterocycles. The first kappa shape index (κ1) is 14.8. The van der Waals surface area contributed by atoms with Gasteiger partial charge >= 0.3 is 0 Å². The lowest BCUT2D eigenvalue weighted by molar-refractivity contribution is -0.0591. The molecule has 0 aliphatic carbocycles. The van der Waals surface area contributed by atoms with Crippen LogP contribution in [0.5, 0.6) is 0 Å². The molecule has 8 heteroatoms. The number of rotatable bonds is 5. The van der Waals surface area contributed by atoms with Crippen LogP contribution in [-0.2, 0) is 10.1 Å². The van der Waals surface area contributed by atoms with Crippen molar-refractivity contribution in [2.24, 2.45) is 0 Å². The first-order valence-corrected chi connectivity index (χ1v) is 7.16. The van der Waals surface area contributed by atoms with Crippen LogP contribution < -0.4 is 5.32 Å². The van der Waals surface area contributed by atoms with E-state index in [1.807, 2.05) is 0 Å². The summed E-state index contributed by atoms with van der Waals surface area (Å²) in [5, 5.41) is 20.7. The van der Waals surface area contributed by atoms with Gasteiger partial charge in [-0.25, -0.2) is 0 Å². The third-order valence-electron chi connectivity index (χ3n) is 2.98. The number of aliphatic hydroxyl groups is 2. The molecular weight excluding hydrogens is 248 g/mol. The molecule has 1 rings (SSSR count). The van der Waals surface area contributed by atoms with Crippen molar-refractivity contribution in [1.29, 1.82) is 0 Å². The Morgan fingerprint density at radius 1 is 1.53 bits per heavy atom. The van der Waals surface area contributed by atoms with E-state index in [2.05, 4.69) is 5.32 Å². The zero-order valence-corrected chi connectivity index (χ0v) is 10.6. The summed E-state index contributed by atoms with van der Waals surface area (Å²) in [6.45, 7) is 2.38. The van der Waals surface area contributed by atoms with Gasteiger partial charge in [0.2, 0.25) is 0 Å². The van der Waals surface area contributed by atoms with Gasteiger partial charge in [0.1, 0.15) is 11.6 Å². The lowest BCUT2D eigenvalue weighted by Crippen LogP contribution is -2.62. The minimum absolute atomic E-state index is 0.0920. The summed E-state index contributed by atoms with van der Waals surface area (Å²) in [5.41, 5.74) is 0. The molecule has 1 heterocycles.